The van der Waals surface area contributed by atoms with E-state index in [1.807, 2.05) is 6.08 Å². The van der Waals surface area contributed by atoms with Crippen LogP contribution in [0.1, 0.15) is 29.2 Å². The molecule has 0 radical (unpaired) electrons. The molecule has 1 aliphatic rings. The van der Waals surface area contributed by atoms with Gasteiger partial charge in [0.25, 0.3) is 0 Å². The summed E-state index contributed by atoms with van der Waals surface area (Å²) in [6.45, 7) is 6.34. The van der Waals surface area contributed by atoms with E-state index in [1.165, 1.54) is 33.4 Å². The first kappa shape index (κ1) is 14.7. The van der Waals surface area contributed by atoms with Crippen LogP contribution in [0.25, 0.3) is 17.2 Å². The lowest BCUT2D eigenvalue weighted by molar-refractivity contribution is 0.893. The van der Waals surface area contributed by atoms with E-state index in [9.17, 15) is 0 Å². The molecule has 0 aromatic heterocycles. The highest BCUT2D eigenvalue weighted by atomic mass is 14.5. The Hall–Kier alpha value is -2.86. The zero-order valence-corrected chi connectivity index (χ0v) is 13.9. The van der Waals surface area contributed by atoms with Crippen molar-refractivity contribution in [3.8, 4) is 0 Å². The van der Waals surface area contributed by atoms with Gasteiger partial charge in [-0.3, -0.25) is 0 Å². The molecular formula is C24H20. The van der Waals surface area contributed by atoms with Gasteiger partial charge in [0.2, 0.25) is 0 Å². The second kappa shape index (κ2) is 5.65. The normalized spacial score (nSPS) is 15.2. The number of hydrogen-bond donors (Lipinski definition) is 0. The first-order valence-electron chi connectivity index (χ1n) is 8.35. The number of rotatable bonds is 4. The molecule has 0 N–H and O–H groups in total. The minimum Gasteiger partial charge on any atom is -0.0985 e. The Morgan fingerprint density at radius 1 is 0.667 bits per heavy atom. The Morgan fingerprint density at radius 2 is 1.12 bits per heavy atom. The van der Waals surface area contributed by atoms with Crippen LogP contribution >= 0.6 is 0 Å². The van der Waals surface area contributed by atoms with E-state index in [-0.39, 0.29) is 5.41 Å². The van der Waals surface area contributed by atoms with Gasteiger partial charge in [0.1, 0.15) is 0 Å². The van der Waals surface area contributed by atoms with Crippen LogP contribution in [-0.2, 0) is 5.41 Å². The van der Waals surface area contributed by atoms with Gasteiger partial charge in [0.05, 0.1) is 0 Å². The summed E-state index contributed by atoms with van der Waals surface area (Å²) in [5.74, 6) is 0. The quantitative estimate of drug-likeness (QED) is 0.537. The minimum absolute atomic E-state index is 0.0620. The third kappa shape index (κ3) is 2.15. The fourth-order valence-corrected chi connectivity index (χ4v) is 3.85. The highest BCUT2D eigenvalue weighted by Gasteiger charge is 2.52. The topological polar surface area (TPSA) is 0 Å². The molecule has 3 aromatic rings. The molecule has 0 bridgehead atoms. The fourth-order valence-electron chi connectivity index (χ4n) is 3.85. The fraction of sp³-hybridized carbons (Fsp3) is 0.0833. The molecule has 0 saturated carbocycles. The van der Waals surface area contributed by atoms with Gasteiger partial charge >= 0.3 is 0 Å². The minimum atomic E-state index is -0.0620. The van der Waals surface area contributed by atoms with Gasteiger partial charge in [0, 0.05) is 5.41 Å². The van der Waals surface area contributed by atoms with Crippen molar-refractivity contribution < 1.29 is 0 Å². The maximum Gasteiger partial charge on any atom is 0.0447 e. The first-order valence-corrected chi connectivity index (χ1v) is 8.35. The van der Waals surface area contributed by atoms with E-state index in [4.69, 9.17) is 0 Å². The largest absolute Gasteiger partial charge is 0.0985 e. The zero-order valence-electron chi connectivity index (χ0n) is 13.9. The average molecular weight is 308 g/mol. The molecule has 1 aliphatic carbocycles. The Morgan fingerprint density at radius 3 is 1.62 bits per heavy atom. The molecule has 0 heteroatoms. The van der Waals surface area contributed by atoms with Gasteiger partial charge in [-0.15, -0.1) is 0 Å². The molecule has 0 atom stereocenters. The molecular weight excluding hydrogens is 288 g/mol. The summed E-state index contributed by atoms with van der Waals surface area (Å²) in [4.78, 5) is 0. The van der Waals surface area contributed by atoms with Crippen molar-refractivity contribution in [2.75, 3.05) is 0 Å². The predicted molar refractivity (Wildman–Crippen MR) is 104 cm³/mol. The van der Waals surface area contributed by atoms with Crippen molar-refractivity contribution in [2.24, 2.45) is 0 Å². The van der Waals surface area contributed by atoms with Crippen molar-refractivity contribution in [3.05, 3.63) is 114 Å². The molecule has 0 aliphatic heterocycles. The van der Waals surface area contributed by atoms with E-state index < -0.39 is 0 Å². The Labute approximate surface area is 143 Å². The molecule has 3 aromatic carbocycles. The molecule has 0 saturated heterocycles. The van der Waals surface area contributed by atoms with E-state index in [1.54, 1.807) is 0 Å². The van der Waals surface area contributed by atoms with Gasteiger partial charge in [-0.2, -0.15) is 0 Å². The van der Waals surface area contributed by atoms with E-state index in [0.29, 0.717) is 0 Å². The lowest BCUT2D eigenvalue weighted by atomic mass is 9.84. The van der Waals surface area contributed by atoms with Crippen LogP contribution in [-0.4, -0.2) is 0 Å². The number of benzene rings is 3. The average Bonchev–Trinajstić information content (AvgIpc) is 3.30. The molecule has 0 amide bonds. The summed E-state index contributed by atoms with van der Waals surface area (Å²) in [6.07, 6.45) is 1.96. The van der Waals surface area contributed by atoms with Crippen LogP contribution in [0.5, 0.6) is 0 Å². The molecule has 0 heterocycles. The van der Waals surface area contributed by atoms with Crippen LogP contribution < -0.4 is 0 Å². The van der Waals surface area contributed by atoms with Crippen LogP contribution in [0.15, 0.2) is 91.5 Å². The summed E-state index contributed by atoms with van der Waals surface area (Å²) in [6, 6.07) is 30.0. The Balaban J connectivity index is 1.92. The maximum absolute atomic E-state index is 4.01. The zero-order chi connectivity index (χ0) is 16.6. The van der Waals surface area contributed by atoms with Crippen molar-refractivity contribution >= 4 is 17.2 Å². The predicted octanol–water partition coefficient (Wildman–Crippen LogP) is 6.21. The summed E-state index contributed by atoms with van der Waals surface area (Å²) in [5.41, 5.74) is 7.92. The molecule has 0 spiro atoms. The second-order valence-electron chi connectivity index (χ2n) is 6.40. The van der Waals surface area contributed by atoms with Crippen molar-refractivity contribution in [2.45, 2.75) is 12.3 Å². The molecule has 4 rings (SSSR count). The van der Waals surface area contributed by atoms with Gasteiger partial charge in [-0.25, -0.2) is 0 Å². The van der Waals surface area contributed by atoms with Crippen LogP contribution in [0.3, 0.4) is 0 Å². The summed E-state index contributed by atoms with van der Waals surface area (Å²) in [5, 5.41) is 0. The van der Waals surface area contributed by atoms with E-state index >= 15 is 0 Å². The SMILES string of the molecule is C=Cc1ccccc1C1(C)C(c2ccccc2)=C1c1ccccc1. The standard InChI is InChI=1S/C24H20/c1-3-18-12-10-11-17-21(18)24(2)22(19-13-6-4-7-14-19)23(24)20-15-8-5-9-16-20/h3-17H,1H2,2H3. The van der Waals surface area contributed by atoms with Crippen molar-refractivity contribution in [1.82, 2.24) is 0 Å². The van der Waals surface area contributed by atoms with Crippen LogP contribution in [0, 0.1) is 0 Å². The van der Waals surface area contributed by atoms with Gasteiger partial charge in [-0.1, -0.05) is 97.6 Å². The monoisotopic (exact) mass is 308 g/mol. The molecule has 116 valence electrons. The smallest absolute Gasteiger partial charge is 0.0447 e. The van der Waals surface area contributed by atoms with E-state index in [2.05, 4.69) is 98.4 Å². The molecule has 0 fully saturated rings. The van der Waals surface area contributed by atoms with Gasteiger partial charge in [-0.05, 0) is 40.3 Å². The maximum atomic E-state index is 4.01. The third-order valence-corrected chi connectivity index (χ3v) is 5.03. The third-order valence-electron chi connectivity index (χ3n) is 5.03. The lowest BCUT2D eigenvalue weighted by Crippen LogP contribution is -2.09. The Kier molecular flexibility index (Phi) is 3.46. The van der Waals surface area contributed by atoms with Crippen molar-refractivity contribution in [3.63, 3.8) is 0 Å². The van der Waals surface area contributed by atoms with Gasteiger partial charge < -0.3 is 0 Å². The van der Waals surface area contributed by atoms with Crippen LogP contribution in [0.2, 0.25) is 0 Å². The highest BCUT2D eigenvalue weighted by molar-refractivity contribution is 6.19. The summed E-state index contributed by atoms with van der Waals surface area (Å²) >= 11 is 0. The summed E-state index contributed by atoms with van der Waals surface area (Å²) in [7, 11) is 0. The second-order valence-corrected chi connectivity index (χ2v) is 6.40. The van der Waals surface area contributed by atoms with Crippen LogP contribution in [0.4, 0.5) is 0 Å². The molecule has 0 unspecified atom stereocenters. The molecule has 24 heavy (non-hydrogen) atoms. The molecule has 0 nitrogen and oxygen atoms in total. The van der Waals surface area contributed by atoms with E-state index in [0.717, 1.165) is 0 Å². The lowest BCUT2D eigenvalue weighted by Gasteiger charge is -2.18. The van der Waals surface area contributed by atoms with Crippen molar-refractivity contribution in [1.29, 1.82) is 0 Å². The number of hydrogen-bond acceptors (Lipinski definition) is 0. The number of allylic oxidation sites excluding steroid dienone is 2. The van der Waals surface area contributed by atoms with Gasteiger partial charge in [0.15, 0.2) is 0 Å². The first-order chi connectivity index (χ1) is 11.8. The summed E-state index contributed by atoms with van der Waals surface area (Å²) < 4.78 is 0. The highest BCUT2D eigenvalue weighted by Crippen LogP contribution is 2.64. The Bertz CT molecular complexity index is 865.